The predicted molar refractivity (Wildman–Crippen MR) is 45.9 cm³/mol. The Morgan fingerprint density at radius 2 is 2.18 bits per heavy atom. The number of ether oxygens (including phenoxy) is 1. The van der Waals surface area contributed by atoms with Gasteiger partial charge >= 0.3 is 0 Å². The van der Waals surface area contributed by atoms with Crippen molar-refractivity contribution in [3.8, 4) is 5.75 Å². The van der Waals surface area contributed by atoms with E-state index in [1.807, 2.05) is 18.2 Å². The third-order valence-electron chi connectivity index (χ3n) is 1.65. The molecule has 0 unspecified atom stereocenters. The molecule has 0 aliphatic rings. The van der Waals surface area contributed by atoms with E-state index < -0.39 is 0 Å². The van der Waals surface area contributed by atoms with Crippen molar-refractivity contribution in [1.82, 2.24) is 0 Å². The van der Waals surface area contributed by atoms with Crippen LogP contribution in [0.4, 0.5) is 0 Å². The van der Waals surface area contributed by atoms with Gasteiger partial charge in [0.05, 0.1) is 7.11 Å². The third-order valence-corrected chi connectivity index (χ3v) is 1.65. The molecule has 0 spiro atoms. The summed E-state index contributed by atoms with van der Waals surface area (Å²) < 4.78 is 5.08. The van der Waals surface area contributed by atoms with Gasteiger partial charge in [0.1, 0.15) is 5.75 Å². The Labute approximate surface area is 68.0 Å². The number of methoxy groups -OCH3 is 1. The van der Waals surface area contributed by atoms with Crippen molar-refractivity contribution >= 4 is 0 Å². The van der Waals surface area contributed by atoms with Gasteiger partial charge in [-0.2, -0.15) is 0 Å². The summed E-state index contributed by atoms with van der Waals surface area (Å²) in [4.78, 5) is 0. The Bertz CT molecular complexity index is 228. The van der Waals surface area contributed by atoms with Crippen molar-refractivity contribution in [2.24, 2.45) is 0 Å². The van der Waals surface area contributed by atoms with Crippen LogP contribution < -0.4 is 4.74 Å². The second kappa shape index (κ2) is 3.42. The Morgan fingerprint density at radius 3 is 2.73 bits per heavy atom. The van der Waals surface area contributed by atoms with Crippen LogP contribution in [-0.2, 0) is 0 Å². The van der Waals surface area contributed by atoms with E-state index in [-0.39, 0.29) is 0 Å². The molecule has 59 valence electrons. The lowest BCUT2D eigenvalue weighted by molar-refractivity contribution is 0.414. The second-order valence-corrected chi connectivity index (χ2v) is 2.84. The fourth-order valence-corrected chi connectivity index (χ4v) is 0.923. The summed E-state index contributed by atoms with van der Waals surface area (Å²) in [6.07, 6.45) is 0. The van der Waals surface area contributed by atoms with E-state index in [0.29, 0.717) is 5.92 Å². The SMILES string of the molecule is COc1cc[c]c(C(C)C)c1. The van der Waals surface area contributed by atoms with E-state index >= 15 is 0 Å². The van der Waals surface area contributed by atoms with Gasteiger partial charge < -0.3 is 4.74 Å². The number of benzene rings is 1. The molecule has 0 atom stereocenters. The normalized spacial score (nSPS) is 10.2. The minimum Gasteiger partial charge on any atom is -0.497 e. The van der Waals surface area contributed by atoms with Crippen molar-refractivity contribution in [3.05, 3.63) is 29.8 Å². The van der Waals surface area contributed by atoms with Crippen LogP contribution in [0.15, 0.2) is 18.2 Å². The van der Waals surface area contributed by atoms with Gasteiger partial charge in [0, 0.05) is 0 Å². The summed E-state index contributed by atoms with van der Waals surface area (Å²) in [5.41, 5.74) is 1.20. The topological polar surface area (TPSA) is 9.23 Å². The van der Waals surface area contributed by atoms with E-state index in [4.69, 9.17) is 4.74 Å². The minimum absolute atomic E-state index is 0.519. The Hall–Kier alpha value is -0.980. The lowest BCUT2D eigenvalue weighted by atomic mass is 10.0. The van der Waals surface area contributed by atoms with Crippen LogP contribution in [0.3, 0.4) is 0 Å². The maximum Gasteiger partial charge on any atom is 0.119 e. The molecule has 1 aromatic rings. The molecule has 1 radical (unpaired) electrons. The van der Waals surface area contributed by atoms with Crippen LogP contribution in [0.5, 0.6) is 5.75 Å². The molecule has 0 aromatic heterocycles. The fourth-order valence-electron chi connectivity index (χ4n) is 0.923. The first-order chi connectivity index (χ1) is 5.24. The summed E-state index contributed by atoms with van der Waals surface area (Å²) in [5.74, 6) is 1.43. The smallest absolute Gasteiger partial charge is 0.119 e. The highest BCUT2D eigenvalue weighted by molar-refractivity contribution is 5.29. The van der Waals surface area contributed by atoms with Gasteiger partial charge in [-0.25, -0.2) is 0 Å². The molecule has 0 N–H and O–H groups in total. The first-order valence-corrected chi connectivity index (χ1v) is 3.79. The molecular weight excluding hydrogens is 136 g/mol. The van der Waals surface area contributed by atoms with Gasteiger partial charge in [-0.15, -0.1) is 0 Å². The summed E-state index contributed by atoms with van der Waals surface area (Å²) >= 11 is 0. The van der Waals surface area contributed by atoms with Crippen molar-refractivity contribution in [2.45, 2.75) is 19.8 Å². The number of rotatable bonds is 2. The lowest BCUT2D eigenvalue weighted by Gasteiger charge is -2.05. The summed E-state index contributed by atoms with van der Waals surface area (Å²) in [6.45, 7) is 4.29. The summed E-state index contributed by atoms with van der Waals surface area (Å²) in [5, 5.41) is 0. The molecule has 0 amide bonds. The van der Waals surface area contributed by atoms with Gasteiger partial charge in [-0.3, -0.25) is 0 Å². The van der Waals surface area contributed by atoms with Crippen LogP contribution in [-0.4, -0.2) is 7.11 Å². The molecule has 1 aromatic carbocycles. The molecule has 0 heterocycles. The van der Waals surface area contributed by atoms with Crippen LogP contribution >= 0.6 is 0 Å². The van der Waals surface area contributed by atoms with E-state index in [1.54, 1.807) is 7.11 Å². The van der Waals surface area contributed by atoms with Gasteiger partial charge in [0.15, 0.2) is 0 Å². The minimum atomic E-state index is 0.519. The van der Waals surface area contributed by atoms with Gasteiger partial charge in [0.2, 0.25) is 0 Å². The monoisotopic (exact) mass is 149 g/mol. The standard InChI is InChI=1S/C10H13O/c1-8(2)9-5-4-6-10(7-9)11-3/h4,6-8H,1-3H3. The van der Waals surface area contributed by atoms with E-state index in [9.17, 15) is 0 Å². The highest BCUT2D eigenvalue weighted by atomic mass is 16.5. The van der Waals surface area contributed by atoms with Crippen molar-refractivity contribution in [1.29, 1.82) is 0 Å². The van der Waals surface area contributed by atoms with Gasteiger partial charge in [-0.1, -0.05) is 19.9 Å². The highest BCUT2D eigenvalue weighted by Crippen LogP contribution is 2.18. The highest BCUT2D eigenvalue weighted by Gasteiger charge is 1.99. The van der Waals surface area contributed by atoms with Crippen molar-refractivity contribution in [2.75, 3.05) is 7.11 Å². The molecule has 0 aliphatic carbocycles. The molecule has 0 saturated heterocycles. The zero-order valence-corrected chi connectivity index (χ0v) is 7.22. The molecule has 1 heteroatoms. The fraction of sp³-hybridized carbons (Fsp3) is 0.400. The van der Waals surface area contributed by atoms with Crippen molar-refractivity contribution in [3.63, 3.8) is 0 Å². The zero-order valence-electron chi connectivity index (χ0n) is 7.22. The average molecular weight is 149 g/mol. The molecule has 0 bridgehead atoms. The van der Waals surface area contributed by atoms with Crippen molar-refractivity contribution < 1.29 is 4.74 Å². The number of hydrogen-bond acceptors (Lipinski definition) is 1. The summed E-state index contributed by atoms with van der Waals surface area (Å²) in [7, 11) is 1.68. The molecule has 0 fully saturated rings. The van der Waals surface area contributed by atoms with E-state index in [0.717, 1.165) is 5.75 Å². The average Bonchev–Trinajstić information content (AvgIpc) is 2.05. The predicted octanol–water partition coefficient (Wildman–Crippen LogP) is 2.62. The maximum atomic E-state index is 5.08. The van der Waals surface area contributed by atoms with Crippen LogP contribution in [0, 0.1) is 6.07 Å². The lowest BCUT2D eigenvalue weighted by Crippen LogP contribution is -1.89. The van der Waals surface area contributed by atoms with Crippen LogP contribution in [0.1, 0.15) is 25.3 Å². The summed E-state index contributed by atoms with van der Waals surface area (Å²) in [6, 6.07) is 8.99. The van der Waals surface area contributed by atoms with E-state index in [2.05, 4.69) is 19.9 Å². The molecule has 0 aliphatic heterocycles. The Kier molecular flexibility index (Phi) is 2.53. The Balaban J connectivity index is 2.91. The molecular formula is C10H13O. The molecule has 0 saturated carbocycles. The van der Waals surface area contributed by atoms with E-state index in [1.165, 1.54) is 5.56 Å². The number of hydrogen-bond donors (Lipinski definition) is 0. The third kappa shape index (κ3) is 1.97. The van der Waals surface area contributed by atoms with Crippen LogP contribution in [0.25, 0.3) is 0 Å². The molecule has 1 rings (SSSR count). The molecule has 1 nitrogen and oxygen atoms in total. The first-order valence-electron chi connectivity index (χ1n) is 3.79. The zero-order chi connectivity index (χ0) is 8.27. The first kappa shape index (κ1) is 8.12. The second-order valence-electron chi connectivity index (χ2n) is 2.84. The van der Waals surface area contributed by atoms with Crippen LogP contribution in [0.2, 0.25) is 0 Å². The quantitative estimate of drug-likeness (QED) is 0.628. The molecule has 11 heavy (non-hydrogen) atoms. The maximum absolute atomic E-state index is 5.08. The largest absolute Gasteiger partial charge is 0.497 e. The Morgan fingerprint density at radius 1 is 1.45 bits per heavy atom. The van der Waals surface area contributed by atoms with Gasteiger partial charge in [-0.05, 0) is 29.7 Å². The van der Waals surface area contributed by atoms with Gasteiger partial charge in [0.25, 0.3) is 0 Å².